The van der Waals surface area contributed by atoms with E-state index >= 15 is 0 Å². The van der Waals surface area contributed by atoms with E-state index in [4.69, 9.17) is 9.15 Å². The number of rotatable bonds is 5. The average molecular weight is 486 g/mol. The number of carbonyl (C=O) groups is 1. The van der Waals surface area contributed by atoms with Crippen LogP contribution in [0.3, 0.4) is 0 Å². The lowest BCUT2D eigenvalue weighted by Gasteiger charge is -2.31. The number of ether oxygens (including phenoxy) is 1. The molecule has 1 aromatic heterocycles. The summed E-state index contributed by atoms with van der Waals surface area (Å²) < 4.78 is 38.5. The number of carbonyl (C=O) groups excluding carboxylic acids is 1. The molecule has 1 saturated heterocycles. The van der Waals surface area contributed by atoms with Crippen LogP contribution in [0.25, 0.3) is 11.0 Å². The van der Waals surface area contributed by atoms with E-state index in [2.05, 4.69) is 0 Å². The number of hydrogen-bond donors (Lipinski definition) is 1. The van der Waals surface area contributed by atoms with E-state index in [-0.39, 0.29) is 31.0 Å². The predicted octanol–water partition coefficient (Wildman–Crippen LogP) is 3.57. The summed E-state index contributed by atoms with van der Waals surface area (Å²) in [6.45, 7) is 5.87. The van der Waals surface area contributed by atoms with Crippen molar-refractivity contribution in [2.45, 2.75) is 45.1 Å². The minimum absolute atomic E-state index is 0.0393. The van der Waals surface area contributed by atoms with E-state index in [0.717, 1.165) is 5.56 Å². The number of phenolic OH excluding ortho intramolecular Hbond substituents is 1. The molecule has 0 aliphatic carbocycles. The van der Waals surface area contributed by atoms with Gasteiger partial charge in [-0.05, 0) is 56.9 Å². The lowest BCUT2D eigenvalue weighted by Crippen LogP contribution is -2.41. The summed E-state index contributed by atoms with van der Waals surface area (Å²) in [6.07, 6.45) is 0.709. The van der Waals surface area contributed by atoms with Crippen LogP contribution in [0.15, 0.2) is 50.5 Å². The van der Waals surface area contributed by atoms with Crippen LogP contribution in [0.4, 0.5) is 0 Å². The summed E-state index contributed by atoms with van der Waals surface area (Å²) in [5, 5.41) is 10.2. The monoisotopic (exact) mass is 485 g/mol. The van der Waals surface area contributed by atoms with Crippen molar-refractivity contribution in [1.82, 2.24) is 4.31 Å². The third-order valence-electron chi connectivity index (χ3n) is 6.17. The van der Waals surface area contributed by atoms with Crippen molar-refractivity contribution in [1.29, 1.82) is 0 Å². The predicted molar refractivity (Wildman–Crippen MR) is 126 cm³/mol. The van der Waals surface area contributed by atoms with Gasteiger partial charge in [-0.25, -0.2) is 13.2 Å². The third kappa shape index (κ3) is 4.71. The van der Waals surface area contributed by atoms with E-state index in [1.165, 1.54) is 22.5 Å². The first kappa shape index (κ1) is 24.0. The second kappa shape index (κ2) is 9.23. The molecule has 1 aliphatic rings. The Kier molecular flexibility index (Phi) is 6.51. The van der Waals surface area contributed by atoms with E-state index in [1.807, 2.05) is 19.1 Å². The van der Waals surface area contributed by atoms with Crippen molar-refractivity contribution in [3.05, 3.63) is 69.1 Å². The number of benzene rings is 2. The fourth-order valence-electron chi connectivity index (χ4n) is 4.64. The Morgan fingerprint density at radius 1 is 1.09 bits per heavy atom. The quantitative estimate of drug-likeness (QED) is 0.434. The van der Waals surface area contributed by atoms with Crippen LogP contribution in [0.1, 0.15) is 35.1 Å². The Morgan fingerprint density at radius 2 is 1.74 bits per heavy atom. The molecule has 1 N–H and O–H groups in total. The normalized spacial score (nSPS) is 15.5. The van der Waals surface area contributed by atoms with Crippen molar-refractivity contribution in [2.24, 2.45) is 5.92 Å². The number of aromatic hydroxyl groups is 1. The van der Waals surface area contributed by atoms with Gasteiger partial charge in [-0.15, -0.1) is 0 Å². The van der Waals surface area contributed by atoms with Gasteiger partial charge in [-0.2, -0.15) is 4.31 Å². The number of phenols is 1. The molecule has 0 atom stereocenters. The maximum absolute atomic E-state index is 13.3. The molecule has 0 saturated carbocycles. The van der Waals surface area contributed by atoms with Gasteiger partial charge in [0.1, 0.15) is 17.9 Å². The topological polar surface area (TPSA) is 114 Å². The van der Waals surface area contributed by atoms with Gasteiger partial charge in [0, 0.05) is 36.2 Å². The number of piperidine rings is 1. The van der Waals surface area contributed by atoms with Crippen LogP contribution in [0.2, 0.25) is 0 Å². The molecule has 34 heavy (non-hydrogen) atoms. The molecule has 0 bridgehead atoms. The van der Waals surface area contributed by atoms with Gasteiger partial charge in [0.25, 0.3) is 0 Å². The number of sulfonamides is 1. The molecular formula is C25H27NO7S. The number of fused-ring (bicyclic) bond motifs is 1. The summed E-state index contributed by atoms with van der Waals surface area (Å²) >= 11 is 0. The molecule has 9 heteroatoms. The average Bonchev–Trinajstić information content (AvgIpc) is 2.76. The molecule has 0 spiro atoms. The molecule has 2 aromatic carbocycles. The summed E-state index contributed by atoms with van der Waals surface area (Å²) in [5.41, 5.74) is 2.52. The second-order valence-electron chi connectivity index (χ2n) is 8.79. The molecule has 2 heterocycles. The summed E-state index contributed by atoms with van der Waals surface area (Å²) in [5.74, 6) is -0.899. The second-order valence-corrected chi connectivity index (χ2v) is 10.7. The van der Waals surface area contributed by atoms with Crippen molar-refractivity contribution in [3.63, 3.8) is 0 Å². The van der Waals surface area contributed by atoms with Crippen molar-refractivity contribution >= 4 is 27.0 Å². The van der Waals surface area contributed by atoms with Crippen LogP contribution in [0.5, 0.6) is 5.75 Å². The maximum Gasteiger partial charge on any atom is 0.336 e. The van der Waals surface area contributed by atoms with E-state index in [1.54, 1.807) is 19.9 Å². The molecule has 3 aromatic rings. The molecule has 4 rings (SSSR count). The van der Waals surface area contributed by atoms with Gasteiger partial charge in [-0.1, -0.05) is 17.7 Å². The van der Waals surface area contributed by atoms with Crippen molar-refractivity contribution in [3.8, 4) is 5.75 Å². The van der Waals surface area contributed by atoms with Crippen LogP contribution in [-0.4, -0.2) is 36.9 Å². The van der Waals surface area contributed by atoms with Crippen LogP contribution >= 0.6 is 0 Å². The zero-order valence-electron chi connectivity index (χ0n) is 19.3. The number of esters is 1. The standard InChI is InChI=1S/C25H27NO7S/c1-15-10-16(2)24(17(3)11-15)34(30,31)26-8-6-18(7-9-26)25(29)32-14-19-12-23(28)33-22-13-20(27)4-5-21(19)22/h4-5,10-13,18,27H,6-9,14H2,1-3H3. The minimum atomic E-state index is -3.66. The van der Waals surface area contributed by atoms with Gasteiger partial charge in [0.15, 0.2) is 0 Å². The van der Waals surface area contributed by atoms with Gasteiger partial charge in [0.2, 0.25) is 10.0 Å². The number of aryl methyl sites for hydroxylation is 3. The highest BCUT2D eigenvalue weighted by molar-refractivity contribution is 7.89. The van der Waals surface area contributed by atoms with Crippen molar-refractivity contribution in [2.75, 3.05) is 13.1 Å². The van der Waals surface area contributed by atoms with E-state index in [9.17, 15) is 23.1 Å². The SMILES string of the molecule is Cc1cc(C)c(S(=O)(=O)N2CCC(C(=O)OCc3cc(=O)oc4cc(O)ccc34)CC2)c(C)c1. The largest absolute Gasteiger partial charge is 0.508 e. The van der Waals surface area contributed by atoms with E-state index in [0.29, 0.717) is 39.8 Å². The highest BCUT2D eigenvalue weighted by atomic mass is 32.2. The molecule has 0 unspecified atom stereocenters. The molecule has 1 fully saturated rings. The van der Waals surface area contributed by atoms with Crippen LogP contribution in [0, 0.1) is 26.7 Å². The van der Waals surface area contributed by atoms with Crippen LogP contribution < -0.4 is 5.63 Å². The van der Waals surface area contributed by atoms with Crippen molar-refractivity contribution < 1.29 is 27.5 Å². The molecule has 0 amide bonds. The van der Waals surface area contributed by atoms with Gasteiger partial charge >= 0.3 is 11.6 Å². The Labute approximate surface area is 197 Å². The third-order valence-corrected chi connectivity index (χ3v) is 8.38. The zero-order valence-corrected chi connectivity index (χ0v) is 20.1. The molecule has 0 radical (unpaired) electrons. The minimum Gasteiger partial charge on any atom is -0.508 e. The maximum atomic E-state index is 13.3. The Bertz CT molecular complexity index is 1390. The molecule has 1 aliphatic heterocycles. The highest BCUT2D eigenvalue weighted by Crippen LogP contribution is 2.29. The lowest BCUT2D eigenvalue weighted by molar-refractivity contribution is -0.151. The Hall–Kier alpha value is -3.17. The van der Waals surface area contributed by atoms with Gasteiger partial charge in [0.05, 0.1) is 10.8 Å². The smallest absolute Gasteiger partial charge is 0.336 e. The van der Waals surface area contributed by atoms with Gasteiger partial charge in [-0.3, -0.25) is 4.79 Å². The first-order chi connectivity index (χ1) is 16.1. The fraction of sp³-hybridized carbons (Fsp3) is 0.360. The highest BCUT2D eigenvalue weighted by Gasteiger charge is 2.34. The number of hydrogen-bond acceptors (Lipinski definition) is 7. The van der Waals surface area contributed by atoms with Gasteiger partial charge < -0.3 is 14.3 Å². The number of nitrogens with zero attached hydrogens (tertiary/aromatic N) is 1. The fourth-order valence-corrected chi connectivity index (χ4v) is 6.52. The molecule has 180 valence electrons. The zero-order chi connectivity index (χ0) is 24.6. The summed E-state index contributed by atoms with van der Waals surface area (Å²) in [6, 6.07) is 9.36. The summed E-state index contributed by atoms with van der Waals surface area (Å²) in [7, 11) is -3.66. The van der Waals surface area contributed by atoms with E-state index < -0.39 is 27.5 Å². The molecule has 8 nitrogen and oxygen atoms in total. The molecular weight excluding hydrogens is 458 g/mol. The lowest BCUT2D eigenvalue weighted by atomic mass is 9.98. The Morgan fingerprint density at radius 3 is 2.38 bits per heavy atom. The summed E-state index contributed by atoms with van der Waals surface area (Å²) in [4.78, 5) is 24.8. The Balaban J connectivity index is 1.42. The van der Waals surface area contributed by atoms with Crippen LogP contribution in [-0.2, 0) is 26.2 Å². The first-order valence-corrected chi connectivity index (χ1v) is 12.5. The first-order valence-electron chi connectivity index (χ1n) is 11.1.